The van der Waals surface area contributed by atoms with Crippen LogP contribution in [0.2, 0.25) is 0 Å². The lowest BCUT2D eigenvalue weighted by Gasteiger charge is -2.51. The van der Waals surface area contributed by atoms with Gasteiger partial charge in [0, 0.05) is 45.3 Å². The molecule has 64 heavy (non-hydrogen) atoms. The van der Waals surface area contributed by atoms with Gasteiger partial charge in [0.1, 0.15) is 0 Å². The fourth-order valence-electron chi connectivity index (χ4n) is 13.4. The van der Waals surface area contributed by atoms with Crippen molar-refractivity contribution in [2.45, 2.75) is 115 Å². The number of rotatable bonds is 0. The lowest BCUT2D eigenvalue weighted by atomic mass is 9.65. The molecule has 0 radical (unpaired) electrons. The molecule has 4 aliphatic carbocycles. The molecule has 3 heterocycles. The number of allylic oxidation sites excluding steroid dienone is 4. The van der Waals surface area contributed by atoms with Gasteiger partial charge in [-0.3, -0.25) is 0 Å². The molecule has 8 bridgehead atoms. The molecule has 6 aromatic rings. The van der Waals surface area contributed by atoms with Crippen molar-refractivity contribution in [2.24, 2.45) is 0 Å². The summed E-state index contributed by atoms with van der Waals surface area (Å²) in [5, 5.41) is 0. The zero-order valence-electron chi connectivity index (χ0n) is 38.6. The highest BCUT2D eigenvalue weighted by molar-refractivity contribution is 5.88. The van der Waals surface area contributed by atoms with Crippen LogP contribution in [-0.2, 0) is 21.9 Å². The average Bonchev–Trinajstić information content (AvgIpc) is 4.05. The van der Waals surface area contributed by atoms with Crippen LogP contribution in [0.25, 0.3) is 22.3 Å². The molecule has 7 aliphatic rings. The summed E-state index contributed by atoms with van der Waals surface area (Å²) in [5.74, 6) is 0. The monoisotopic (exact) mass is 836 g/mol. The Morgan fingerprint density at radius 3 is 1.12 bits per heavy atom. The molecule has 6 aromatic carbocycles. The third-order valence-electron chi connectivity index (χ3n) is 16.4. The highest BCUT2D eigenvalue weighted by Crippen LogP contribution is 2.62. The van der Waals surface area contributed by atoms with Crippen molar-refractivity contribution < 1.29 is 0 Å². The van der Waals surface area contributed by atoms with Gasteiger partial charge in [0.15, 0.2) is 5.66 Å². The first kappa shape index (κ1) is 38.5. The van der Waals surface area contributed by atoms with Gasteiger partial charge in [0.05, 0.1) is 18.8 Å². The van der Waals surface area contributed by atoms with E-state index in [1.165, 1.54) is 127 Å². The fourth-order valence-corrected chi connectivity index (χ4v) is 13.4. The maximum atomic E-state index is 2.93. The minimum atomic E-state index is -0.541. The average molecular weight is 837 g/mol. The van der Waals surface area contributed by atoms with Crippen LogP contribution in [0.1, 0.15) is 137 Å². The summed E-state index contributed by atoms with van der Waals surface area (Å²) >= 11 is 0. The molecular weight excluding hydrogens is 777 g/mol. The van der Waals surface area contributed by atoms with E-state index >= 15 is 0 Å². The molecule has 0 atom stereocenters. The van der Waals surface area contributed by atoms with E-state index < -0.39 is 11.1 Å². The van der Waals surface area contributed by atoms with Crippen molar-refractivity contribution in [3.63, 3.8) is 0 Å². The third-order valence-corrected chi connectivity index (χ3v) is 16.4. The Balaban J connectivity index is 1.20. The molecule has 4 heteroatoms. The normalized spacial score (nSPS) is 19.7. The van der Waals surface area contributed by atoms with Crippen LogP contribution in [0, 0.1) is 0 Å². The van der Waals surface area contributed by atoms with E-state index in [-0.39, 0.29) is 10.8 Å². The molecule has 0 aromatic heterocycles. The standard InChI is InChI=1S/C60H60N4/c1-57(2,3)39-31-41-35-43(33-39)61-37-63(55-29-17-15-27-53(55)61)60(51-25-13-9-21-47(51)48-22-10-14-26-52(48)60)64-38-62(54-28-16-18-30-56(54)64)44-34-40(58(4,5)6)32-42(36-44)59(41)49-23-11-7-19-45(49)46-20-8-12-24-50(46)59/h7-14,19-26,31-36H,15-18,27-30,37-38H2,1-6H3. The van der Waals surface area contributed by atoms with Crippen LogP contribution < -0.4 is 9.80 Å². The first-order valence-corrected chi connectivity index (χ1v) is 24.2. The maximum absolute atomic E-state index is 2.93. The van der Waals surface area contributed by atoms with Gasteiger partial charge in [-0.2, -0.15) is 0 Å². The Bertz CT molecular complexity index is 2820. The van der Waals surface area contributed by atoms with Crippen LogP contribution in [0.5, 0.6) is 0 Å². The summed E-state index contributed by atoms with van der Waals surface area (Å²) in [5.41, 5.74) is 24.1. The van der Waals surface area contributed by atoms with E-state index in [4.69, 9.17) is 0 Å². The smallest absolute Gasteiger partial charge is 0.170 e. The number of anilines is 2. The second-order valence-corrected chi connectivity index (χ2v) is 21.8. The highest BCUT2D eigenvalue weighted by Gasteiger charge is 2.58. The Morgan fingerprint density at radius 2 is 0.734 bits per heavy atom. The van der Waals surface area contributed by atoms with Crippen molar-refractivity contribution in [1.82, 2.24) is 9.80 Å². The van der Waals surface area contributed by atoms with E-state index in [1.54, 1.807) is 0 Å². The van der Waals surface area contributed by atoms with Crippen molar-refractivity contribution in [3.8, 4) is 22.3 Å². The Kier molecular flexibility index (Phi) is 7.98. The summed E-state index contributed by atoms with van der Waals surface area (Å²) in [6, 6.07) is 53.2. The van der Waals surface area contributed by atoms with E-state index in [0.29, 0.717) is 0 Å². The molecule has 0 saturated carbocycles. The third kappa shape index (κ3) is 5.00. The predicted octanol–water partition coefficient (Wildman–Crippen LogP) is 14.3. The second-order valence-electron chi connectivity index (χ2n) is 21.8. The largest absolute Gasteiger partial charge is 0.325 e. The topological polar surface area (TPSA) is 13.0 Å². The van der Waals surface area contributed by atoms with E-state index in [2.05, 4.69) is 195 Å². The zero-order chi connectivity index (χ0) is 43.3. The minimum absolute atomic E-state index is 0.0827. The molecule has 0 N–H and O–H groups in total. The Morgan fingerprint density at radius 1 is 0.391 bits per heavy atom. The van der Waals surface area contributed by atoms with Crippen LogP contribution >= 0.6 is 0 Å². The molecular formula is C60H60N4. The molecule has 13 rings (SSSR count). The number of hydrogen-bond acceptors (Lipinski definition) is 4. The Hall–Kier alpha value is -6.00. The first-order valence-electron chi connectivity index (χ1n) is 24.2. The zero-order valence-corrected chi connectivity index (χ0v) is 38.6. The van der Waals surface area contributed by atoms with Gasteiger partial charge < -0.3 is 19.6 Å². The van der Waals surface area contributed by atoms with Gasteiger partial charge in [-0.25, -0.2) is 0 Å². The highest BCUT2D eigenvalue weighted by atomic mass is 15.5. The molecule has 0 fully saturated rings. The summed E-state index contributed by atoms with van der Waals surface area (Å²) < 4.78 is 0. The maximum Gasteiger partial charge on any atom is 0.170 e. The number of hydrogen-bond donors (Lipinski definition) is 0. The summed E-state index contributed by atoms with van der Waals surface area (Å²) in [6.07, 6.45) is 9.23. The van der Waals surface area contributed by atoms with Gasteiger partial charge >= 0.3 is 0 Å². The molecule has 0 unspecified atom stereocenters. The second kappa shape index (κ2) is 13.3. The quantitative estimate of drug-likeness (QED) is 0.151. The van der Waals surface area contributed by atoms with Gasteiger partial charge in [0.2, 0.25) is 0 Å². The van der Waals surface area contributed by atoms with Crippen molar-refractivity contribution >= 4 is 11.4 Å². The van der Waals surface area contributed by atoms with Crippen molar-refractivity contribution in [3.05, 3.63) is 201 Å². The molecule has 320 valence electrons. The Labute approximate surface area is 380 Å². The van der Waals surface area contributed by atoms with Gasteiger partial charge in [-0.15, -0.1) is 0 Å². The number of nitrogens with zero attached hydrogens (tertiary/aromatic N) is 4. The van der Waals surface area contributed by atoms with Gasteiger partial charge in [0.25, 0.3) is 0 Å². The molecule has 0 amide bonds. The fraction of sp³-hybridized carbons (Fsp3) is 0.333. The lowest BCUT2D eigenvalue weighted by molar-refractivity contribution is 0.0264. The van der Waals surface area contributed by atoms with Gasteiger partial charge in [-0.05, 0) is 142 Å². The number of fused-ring (bicyclic) bond motifs is 28. The molecule has 3 aliphatic heterocycles. The molecule has 2 spiro atoms. The van der Waals surface area contributed by atoms with Gasteiger partial charge in [-0.1, -0.05) is 151 Å². The summed E-state index contributed by atoms with van der Waals surface area (Å²) in [6.45, 7) is 16.1. The number of benzene rings is 6. The summed E-state index contributed by atoms with van der Waals surface area (Å²) in [7, 11) is 0. The van der Waals surface area contributed by atoms with Crippen molar-refractivity contribution in [2.75, 3.05) is 23.1 Å². The molecule has 0 saturated heterocycles. The van der Waals surface area contributed by atoms with Crippen LogP contribution in [0.15, 0.2) is 156 Å². The van der Waals surface area contributed by atoms with E-state index in [9.17, 15) is 0 Å². The first-order chi connectivity index (χ1) is 31.0. The predicted molar refractivity (Wildman–Crippen MR) is 263 cm³/mol. The van der Waals surface area contributed by atoms with Crippen LogP contribution in [0.4, 0.5) is 11.4 Å². The lowest BCUT2D eigenvalue weighted by Crippen LogP contribution is -2.57. The van der Waals surface area contributed by atoms with E-state index in [0.717, 1.165) is 39.0 Å². The van der Waals surface area contributed by atoms with E-state index in [1.807, 2.05) is 0 Å². The SMILES string of the molecule is CC(C)(C)c1cc2cc(c1)C1(c3cc(cc(C(C)(C)C)c3)N3CN(C4=C3CCCC4)C3(c4ccccc4-c4ccccc43)N3CN2C2=C3CCCC2)c2ccccc2-c2ccccc21. The molecule has 4 nitrogen and oxygen atoms in total. The summed E-state index contributed by atoms with van der Waals surface area (Å²) in [4.78, 5) is 11.4. The van der Waals surface area contributed by atoms with Crippen LogP contribution in [0.3, 0.4) is 0 Å². The van der Waals surface area contributed by atoms with Crippen LogP contribution in [-0.4, -0.2) is 23.1 Å². The minimum Gasteiger partial charge on any atom is -0.325 e. The van der Waals surface area contributed by atoms with Crippen molar-refractivity contribution in [1.29, 1.82) is 0 Å².